The van der Waals surface area contributed by atoms with E-state index in [1.165, 1.54) is 0 Å². The van der Waals surface area contributed by atoms with Crippen molar-refractivity contribution in [2.24, 2.45) is 0 Å². The Hall–Kier alpha value is -2.14. The molecule has 2 heterocycles. The van der Waals surface area contributed by atoms with Crippen LogP contribution in [0.1, 0.15) is 18.1 Å². The lowest BCUT2D eigenvalue weighted by atomic mass is 10.2. The molecule has 2 aromatic rings. The summed E-state index contributed by atoms with van der Waals surface area (Å²) in [7, 11) is 0. The van der Waals surface area contributed by atoms with Crippen LogP contribution in [0, 0.1) is 0 Å². The first-order chi connectivity index (χ1) is 9.31. The monoisotopic (exact) mass is 259 g/mol. The van der Waals surface area contributed by atoms with E-state index >= 15 is 0 Å². The van der Waals surface area contributed by atoms with Crippen molar-refractivity contribution in [3.63, 3.8) is 0 Å². The fourth-order valence-electron chi connectivity index (χ4n) is 1.62. The lowest BCUT2D eigenvalue weighted by molar-refractivity contribution is 0.281. The van der Waals surface area contributed by atoms with Crippen LogP contribution in [-0.4, -0.2) is 21.7 Å². The molecule has 0 atom stereocenters. The summed E-state index contributed by atoms with van der Waals surface area (Å²) >= 11 is 0. The predicted octanol–water partition coefficient (Wildman–Crippen LogP) is 1.98. The van der Waals surface area contributed by atoms with E-state index in [1.807, 2.05) is 25.1 Å². The molecule has 2 aromatic heterocycles. The van der Waals surface area contributed by atoms with Crippen molar-refractivity contribution in [2.45, 2.75) is 20.1 Å². The molecule has 0 aromatic carbocycles. The molecule has 0 saturated carbocycles. The van der Waals surface area contributed by atoms with E-state index in [4.69, 9.17) is 9.84 Å². The molecule has 0 unspecified atom stereocenters. The SMILES string of the molecule is CCOc1cncc(CNc2ccc(CO)cn2)c1. The Kier molecular flexibility index (Phi) is 4.69. The van der Waals surface area contributed by atoms with E-state index in [1.54, 1.807) is 18.6 Å². The molecule has 0 aliphatic carbocycles. The van der Waals surface area contributed by atoms with Crippen molar-refractivity contribution in [1.82, 2.24) is 9.97 Å². The van der Waals surface area contributed by atoms with Crippen molar-refractivity contribution in [2.75, 3.05) is 11.9 Å². The highest BCUT2D eigenvalue weighted by molar-refractivity contribution is 5.37. The zero-order valence-corrected chi connectivity index (χ0v) is 10.8. The fraction of sp³-hybridized carbons (Fsp3) is 0.286. The third-order valence-electron chi connectivity index (χ3n) is 2.56. The molecule has 2 rings (SSSR count). The van der Waals surface area contributed by atoms with Gasteiger partial charge in [-0.25, -0.2) is 4.98 Å². The maximum absolute atomic E-state index is 8.93. The van der Waals surface area contributed by atoms with Crippen molar-refractivity contribution < 1.29 is 9.84 Å². The second-order valence-corrected chi connectivity index (χ2v) is 4.03. The summed E-state index contributed by atoms with van der Waals surface area (Å²) < 4.78 is 5.40. The van der Waals surface area contributed by atoms with E-state index in [0.29, 0.717) is 13.2 Å². The fourth-order valence-corrected chi connectivity index (χ4v) is 1.62. The molecule has 2 N–H and O–H groups in total. The summed E-state index contributed by atoms with van der Waals surface area (Å²) in [5.41, 5.74) is 1.82. The molecular weight excluding hydrogens is 242 g/mol. The number of ether oxygens (including phenoxy) is 1. The molecule has 100 valence electrons. The van der Waals surface area contributed by atoms with Crippen LogP contribution in [0.4, 0.5) is 5.82 Å². The van der Waals surface area contributed by atoms with Gasteiger partial charge in [0.25, 0.3) is 0 Å². The molecule has 5 heteroatoms. The predicted molar refractivity (Wildman–Crippen MR) is 72.9 cm³/mol. The molecular formula is C14H17N3O2. The highest BCUT2D eigenvalue weighted by Crippen LogP contribution is 2.13. The van der Waals surface area contributed by atoms with Gasteiger partial charge in [-0.15, -0.1) is 0 Å². The lowest BCUT2D eigenvalue weighted by Crippen LogP contribution is -2.02. The maximum atomic E-state index is 8.93. The number of anilines is 1. The topological polar surface area (TPSA) is 67.3 Å². The second-order valence-electron chi connectivity index (χ2n) is 4.03. The first-order valence-corrected chi connectivity index (χ1v) is 6.18. The lowest BCUT2D eigenvalue weighted by Gasteiger charge is -2.08. The third-order valence-corrected chi connectivity index (χ3v) is 2.56. The molecule has 0 radical (unpaired) electrons. The van der Waals surface area contributed by atoms with Gasteiger partial charge in [0.05, 0.1) is 19.4 Å². The Balaban J connectivity index is 1.95. The Labute approximate surface area is 112 Å². The third kappa shape index (κ3) is 3.93. The number of hydrogen-bond acceptors (Lipinski definition) is 5. The number of rotatable bonds is 6. The summed E-state index contributed by atoms with van der Waals surface area (Å²) in [4.78, 5) is 8.33. The Morgan fingerprint density at radius 1 is 1.21 bits per heavy atom. The van der Waals surface area contributed by atoms with Crippen molar-refractivity contribution >= 4 is 5.82 Å². The zero-order chi connectivity index (χ0) is 13.5. The van der Waals surface area contributed by atoms with Gasteiger partial charge < -0.3 is 15.2 Å². The number of aromatic nitrogens is 2. The largest absolute Gasteiger partial charge is 0.492 e. The van der Waals surface area contributed by atoms with E-state index < -0.39 is 0 Å². The summed E-state index contributed by atoms with van der Waals surface area (Å²) in [6.45, 7) is 3.20. The van der Waals surface area contributed by atoms with Crippen LogP contribution in [0.5, 0.6) is 5.75 Å². The van der Waals surface area contributed by atoms with Crippen molar-refractivity contribution in [1.29, 1.82) is 0 Å². The molecule has 0 aliphatic rings. The molecule has 5 nitrogen and oxygen atoms in total. The number of aliphatic hydroxyl groups excluding tert-OH is 1. The maximum Gasteiger partial charge on any atom is 0.137 e. The molecule has 0 spiro atoms. The Morgan fingerprint density at radius 3 is 2.79 bits per heavy atom. The average Bonchev–Trinajstić information content (AvgIpc) is 2.46. The summed E-state index contributed by atoms with van der Waals surface area (Å²) in [5.74, 6) is 1.53. The van der Waals surface area contributed by atoms with Crippen molar-refractivity contribution in [3.05, 3.63) is 47.9 Å². The van der Waals surface area contributed by atoms with Crippen LogP contribution < -0.4 is 10.1 Å². The van der Waals surface area contributed by atoms with Gasteiger partial charge in [0.1, 0.15) is 11.6 Å². The van der Waals surface area contributed by atoms with E-state index in [-0.39, 0.29) is 6.61 Å². The highest BCUT2D eigenvalue weighted by atomic mass is 16.5. The molecule has 0 saturated heterocycles. The molecule has 0 bridgehead atoms. The number of nitrogens with one attached hydrogen (secondary N) is 1. The van der Waals surface area contributed by atoms with Gasteiger partial charge in [0, 0.05) is 18.9 Å². The van der Waals surface area contributed by atoms with Crippen LogP contribution in [0.3, 0.4) is 0 Å². The van der Waals surface area contributed by atoms with Gasteiger partial charge in [0.15, 0.2) is 0 Å². The van der Waals surface area contributed by atoms with Crippen molar-refractivity contribution in [3.8, 4) is 5.75 Å². The van der Waals surface area contributed by atoms with Gasteiger partial charge in [-0.1, -0.05) is 6.07 Å². The van der Waals surface area contributed by atoms with E-state index in [0.717, 1.165) is 22.7 Å². The van der Waals surface area contributed by atoms with Gasteiger partial charge in [-0.2, -0.15) is 0 Å². The smallest absolute Gasteiger partial charge is 0.137 e. The van der Waals surface area contributed by atoms with Gasteiger partial charge >= 0.3 is 0 Å². The van der Waals surface area contributed by atoms with Gasteiger partial charge in [-0.05, 0) is 30.2 Å². The quantitative estimate of drug-likeness (QED) is 0.830. The number of nitrogens with zero attached hydrogens (tertiary/aromatic N) is 2. The summed E-state index contributed by atoms with van der Waals surface area (Å²) in [5, 5.41) is 12.1. The second kappa shape index (κ2) is 6.70. The molecule has 0 aliphatic heterocycles. The van der Waals surface area contributed by atoms with Crippen LogP contribution >= 0.6 is 0 Å². The highest BCUT2D eigenvalue weighted by Gasteiger charge is 1.99. The van der Waals surface area contributed by atoms with Crippen LogP contribution in [0.15, 0.2) is 36.8 Å². The zero-order valence-electron chi connectivity index (χ0n) is 10.8. The summed E-state index contributed by atoms with van der Waals surface area (Å²) in [6, 6.07) is 5.63. The molecule has 19 heavy (non-hydrogen) atoms. The minimum absolute atomic E-state index is 0.00754. The number of aliphatic hydroxyl groups is 1. The van der Waals surface area contributed by atoms with E-state index in [2.05, 4.69) is 15.3 Å². The van der Waals surface area contributed by atoms with Gasteiger partial charge in [-0.3, -0.25) is 4.98 Å². The molecule has 0 fully saturated rings. The minimum Gasteiger partial charge on any atom is -0.492 e. The summed E-state index contributed by atoms with van der Waals surface area (Å²) in [6.07, 6.45) is 5.14. The minimum atomic E-state index is 0.00754. The first kappa shape index (κ1) is 13.3. The first-order valence-electron chi connectivity index (χ1n) is 6.18. The average molecular weight is 259 g/mol. The number of hydrogen-bond donors (Lipinski definition) is 2. The Morgan fingerprint density at radius 2 is 2.11 bits per heavy atom. The molecule has 0 amide bonds. The number of pyridine rings is 2. The van der Waals surface area contributed by atoms with Crippen LogP contribution in [-0.2, 0) is 13.2 Å². The van der Waals surface area contributed by atoms with Crippen LogP contribution in [0.2, 0.25) is 0 Å². The van der Waals surface area contributed by atoms with E-state index in [9.17, 15) is 0 Å². The normalized spacial score (nSPS) is 10.2. The van der Waals surface area contributed by atoms with Gasteiger partial charge in [0.2, 0.25) is 0 Å². The standard InChI is InChI=1S/C14H17N3O2/c1-2-19-13-5-12(6-15-9-13)8-17-14-4-3-11(10-18)7-16-14/h3-7,9,18H,2,8,10H2,1H3,(H,16,17). The van der Waals surface area contributed by atoms with Crippen LogP contribution in [0.25, 0.3) is 0 Å². The Bertz CT molecular complexity index is 514.